The first-order valence-corrected chi connectivity index (χ1v) is 8.54. The number of nitrogens with two attached hydrogens (primary N) is 1. The molecule has 1 unspecified atom stereocenters. The zero-order valence-corrected chi connectivity index (χ0v) is 13.3. The van der Waals surface area contributed by atoms with Gasteiger partial charge in [0.1, 0.15) is 0 Å². The van der Waals surface area contributed by atoms with Gasteiger partial charge in [0.05, 0.1) is 0 Å². The van der Waals surface area contributed by atoms with E-state index in [1.54, 1.807) is 0 Å². The van der Waals surface area contributed by atoms with Gasteiger partial charge in [0.2, 0.25) is 0 Å². The van der Waals surface area contributed by atoms with Gasteiger partial charge in [-0.3, -0.25) is 9.80 Å². The first kappa shape index (κ1) is 15.0. The van der Waals surface area contributed by atoms with Gasteiger partial charge in [-0.2, -0.15) is 0 Å². The van der Waals surface area contributed by atoms with E-state index in [2.05, 4.69) is 41.0 Å². The van der Waals surface area contributed by atoms with E-state index in [4.69, 9.17) is 5.73 Å². The first-order chi connectivity index (χ1) is 10.2. The third kappa shape index (κ3) is 3.85. The van der Waals surface area contributed by atoms with Crippen molar-refractivity contribution in [2.24, 2.45) is 5.73 Å². The Bertz CT molecular complexity index is 434. The maximum absolute atomic E-state index is 6.01. The Labute approximate surface area is 129 Å². The lowest BCUT2D eigenvalue weighted by Crippen LogP contribution is -2.46. The molecule has 1 atom stereocenters. The molecule has 3 rings (SSSR count). The van der Waals surface area contributed by atoms with Crippen LogP contribution in [0.25, 0.3) is 0 Å². The summed E-state index contributed by atoms with van der Waals surface area (Å²) < 4.78 is 0. The topological polar surface area (TPSA) is 32.5 Å². The zero-order valence-electron chi connectivity index (χ0n) is 13.3. The SMILES string of the molecule is CCc1ccc(CN2CCC(N3CCC(N)CC3)C2)cc1. The molecule has 0 spiro atoms. The largest absolute Gasteiger partial charge is 0.328 e. The van der Waals surface area contributed by atoms with Crippen molar-refractivity contribution in [3.05, 3.63) is 35.4 Å². The van der Waals surface area contributed by atoms with Crippen LogP contribution >= 0.6 is 0 Å². The highest BCUT2D eigenvalue weighted by Gasteiger charge is 2.29. The molecule has 0 aromatic heterocycles. The van der Waals surface area contributed by atoms with Crippen LogP contribution in [0.1, 0.15) is 37.3 Å². The number of rotatable bonds is 4. The minimum Gasteiger partial charge on any atom is -0.328 e. The molecule has 2 aliphatic rings. The molecule has 1 aromatic carbocycles. The normalized spacial score (nSPS) is 25.5. The number of hydrogen-bond acceptors (Lipinski definition) is 3. The van der Waals surface area contributed by atoms with E-state index in [0.717, 1.165) is 19.0 Å². The first-order valence-electron chi connectivity index (χ1n) is 8.54. The fourth-order valence-electron chi connectivity index (χ4n) is 3.68. The molecule has 0 radical (unpaired) electrons. The van der Waals surface area contributed by atoms with Gasteiger partial charge in [0.25, 0.3) is 0 Å². The molecule has 21 heavy (non-hydrogen) atoms. The van der Waals surface area contributed by atoms with E-state index in [0.29, 0.717) is 6.04 Å². The van der Waals surface area contributed by atoms with Crippen molar-refractivity contribution in [3.63, 3.8) is 0 Å². The summed E-state index contributed by atoms with van der Waals surface area (Å²) >= 11 is 0. The number of likely N-dealkylation sites (tertiary alicyclic amines) is 2. The monoisotopic (exact) mass is 287 g/mol. The van der Waals surface area contributed by atoms with Crippen LogP contribution in [0.15, 0.2) is 24.3 Å². The van der Waals surface area contributed by atoms with E-state index in [-0.39, 0.29) is 0 Å². The molecule has 2 saturated heterocycles. The van der Waals surface area contributed by atoms with Gasteiger partial charge in [-0.05, 0) is 49.9 Å². The van der Waals surface area contributed by atoms with Crippen LogP contribution in [0.5, 0.6) is 0 Å². The smallest absolute Gasteiger partial charge is 0.0235 e. The van der Waals surface area contributed by atoms with Gasteiger partial charge < -0.3 is 5.73 Å². The highest BCUT2D eigenvalue weighted by atomic mass is 15.3. The Morgan fingerprint density at radius 3 is 2.33 bits per heavy atom. The molecule has 2 N–H and O–H groups in total. The van der Waals surface area contributed by atoms with Crippen LogP contribution in [0.4, 0.5) is 0 Å². The van der Waals surface area contributed by atoms with Gasteiger partial charge in [-0.25, -0.2) is 0 Å². The molecular weight excluding hydrogens is 258 g/mol. The molecule has 0 saturated carbocycles. The molecule has 3 heteroatoms. The van der Waals surface area contributed by atoms with Crippen LogP contribution in [0, 0.1) is 0 Å². The summed E-state index contributed by atoms with van der Waals surface area (Å²) in [6.45, 7) is 8.18. The molecule has 1 aromatic rings. The van der Waals surface area contributed by atoms with Crippen molar-refractivity contribution in [2.45, 2.75) is 51.2 Å². The molecular formula is C18H29N3. The minimum absolute atomic E-state index is 0.441. The summed E-state index contributed by atoms with van der Waals surface area (Å²) in [5.74, 6) is 0. The van der Waals surface area contributed by atoms with Gasteiger partial charge in [-0.1, -0.05) is 31.2 Å². The van der Waals surface area contributed by atoms with E-state index < -0.39 is 0 Å². The van der Waals surface area contributed by atoms with E-state index >= 15 is 0 Å². The zero-order chi connectivity index (χ0) is 14.7. The number of aryl methyl sites for hydroxylation is 1. The molecule has 0 aliphatic carbocycles. The fourth-order valence-corrected chi connectivity index (χ4v) is 3.68. The third-order valence-electron chi connectivity index (χ3n) is 5.18. The lowest BCUT2D eigenvalue weighted by Gasteiger charge is -2.34. The van der Waals surface area contributed by atoms with Gasteiger partial charge in [-0.15, -0.1) is 0 Å². The molecule has 2 fully saturated rings. The highest BCUT2D eigenvalue weighted by molar-refractivity contribution is 5.22. The van der Waals surface area contributed by atoms with E-state index in [1.807, 2.05) is 0 Å². The average molecular weight is 287 g/mol. The molecule has 2 aliphatic heterocycles. The van der Waals surface area contributed by atoms with Crippen molar-refractivity contribution in [3.8, 4) is 0 Å². The highest BCUT2D eigenvalue weighted by Crippen LogP contribution is 2.21. The van der Waals surface area contributed by atoms with Gasteiger partial charge in [0, 0.05) is 31.7 Å². The Hall–Kier alpha value is -0.900. The van der Waals surface area contributed by atoms with Crippen LogP contribution in [-0.2, 0) is 13.0 Å². The number of piperidine rings is 1. The van der Waals surface area contributed by atoms with Crippen molar-refractivity contribution in [2.75, 3.05) is 26.2 Å². The predicted molar refractivity (Wildman–Crippen MR) is 88.3 cm³/mol. The van der Waals surface area contributed by atoms with Gasteiger partial charge in [0.15, 0.2) is 0 Å². The van der Waals surface area contributed by atoms with Crippen LogP contribution in [0.2, 0.25) is 0 Å². The van der Waals surface area contributed by atoms with E-state index in [9.17, 15) is 0 Å². The van der Waals surface area contributed by atoms with Crippen molar-refractivity contribution < 1.29 is 0 Å². The van der Waals surface area contributed by atoms with Crippen LogP contribution in [-0.4, -0.2) is 48.1 Å². The quantitative estimate of drug-likeness (QED) is 0.922. The summed E-state index contributed by atoms with van der Waals surface area (Å²) in [5.41, 5.74) is 8.90. The molecule has 0 bridgehead atoms. The van der Waals surface area contributed by atoms with Crippen molar-refractivity contribution in [1.82, 2.24) is 9.80 Å². The summed E-state index contributed by atoms with van der Waals surface area (Å²) in [6, 6.07) is 10.3. The number of nitrogens with zero attached hydrogens (tertiary/aromatic N) is 2. The molecule has 0 amide bonds. The van der Waals surface area contributed by atoms with Crippen molar-refractivity contribution >= 4 is 0 Å². The second-order valence-electron chi connectivity index (χ2n) is 6.72. The molecule has 2 heterocycles. The van der Waals surface area contributed by atoms with E-state index in [1.165, 1.54) is 56.6 Å². The van der Waals surface area contributed by atoms with Crippen LogP contribution < -0.4 is 5.73 Å². The maximum atomic E-state index is 6.01. The lowest BCUT2D eigenvalue weighted by molar-refractivity contribution is 0.151. The summed E-state index contributed by atoms with van der Waals surface area (Å²) in [4.78, 5) is 5.28. The maximum Gasteiger partial charge on any atom is 0.0235 e. The third-order valence-corrected chi connectivity index (χ3v) is 5.18. The Balaban J connectivity index is 1.50. The Kier molecular flexibility index (Phi) is 4.94. The lowest BCUT2D eigenvalue weighted by atomic mass is 10.0. The van der Waals surface area contributed by atoms with Crippen LogP contribution in [0.3, 0.4) is 0 Å². The Morgan fingerprint density at radius 2 is 1.67 bits per heavy atom. The summed E-state index contributed by atoms with van der Waals surface area (Å²) in [6.07, 6.45) is 4.80. The average Bonchev–Trinajstić information content (AvgIpc) is 2.97. The number of hydrogen-bond donors (Lipinski definition) is 1. The fraction of sp³-hybridized carbons (Fsp3) is 0.667. The van der Waals surface area contributed by atoms with Crippen molar-refractivity contribution in [1.29, 1.82) is 0 Å². The molecule has 116 valence electrons. The second kappa shape index (κ2) is 6.91. The molecule has 3 nitrogen and oxygen atoms in total. The summed E-state index contributed by atoms with van der Waals surface area (Å²) in [7, 11) is 0. The summed E-state index contributed by atoms with van der Waals surface area (Å²) in [5, 5.41) is 0. The predicted octanol–water partition coefficient (Wildman–Crippen LogP) is 2.25. The number of benzene rings is 1. The van der Waals surface area contributed by atoms with Gasteiger partial charge >= 0.3 is 0 Å². The standard InChI is InChI=1S/C18H29N3/c1-2-15-3-5-16(6-4-15)13-20-10-9-18(14-20)21-11-7-17(19)8-12-21/h3-6,17-18H,2,7-14,19H2,1H3. The second-order valence-corrected chi connectivity index (χ2v) is 6.72. The minimum atomic E-state index is 0.441. The Morgan fingerprint density at radius 1 is 1.00 bits per heavy atom.